The Balaban J connectivity index is 2.04. The maximum absolute atomic E-state index is 12.1. The van der Waals surface area contributed by atoms with Crippen molar-refractivity contribution in [3.05, 3.63) is 52.0 Å². The minimum absolute atomic E-state index is 0.302. The van der Waals surface area contributed by atoms with Gasteiger partial charge in [0.25, 0.3) is 5.91 Å². The van der Waals surface area contributed by atoms with E-state index in [0.29, 0.717) is 22.1 Å². The summed E-state index contributed by atoms with van der Waals surface area (Å²) in [6, 6.07) is 12.2. The first-order valence-corrected chi connectivity index (χ1v) is 7.41. The Morgan fingerprint density at radius 3 is 2.81 bits per heavy atom. The van der Waals surface area contributed by atoms with Crippen molar-refractivity contribution >= 4 is 44.8 Å². The van der Waals surface area contributed by atoms with Crippen LogP contribution in [0, 0.1) is 0 Å². The fraction of sp³-hybridized carbons (Fsp3) is 0.133. The van der Waals surface area contributed by atoms with Crippen LogP contribution in [0.25, 0.3) is 0 Å². The number of rotatable bonds is 4. The van der Waals surface area contributed by atoms with Gasteiger partial charge in [-0.15, -0.1) is 0 Å². The average molecular weight is 370 g/mol. The van der Waals surface area contributed by atoms with Gasteiger partial charge in [-0.3, -0.25) is 4.79 Å². The largest absolute Gasteiger partial charge is 0.481 e. The molecule has 110 valence electrons. The van der Waals surface area contributed by atoms with Crippen LogP contribution in [0.3, 0.4) is 0 Å². The van der Waals surface area contributed by atoms with Gasteiger partial charge in [0.15, 0.2) is 6.10 Å². The molecule has 4 nitrogen and oxygen atoms in total. The third kappa shape index (κ3) is 4.37. The van der Waals surface area contributed by atoms with Crippen LogP contribution in [0.1, 0.15) is 6.92 Å². The van der Waals surface area contributed by atoms with Crippen molar-refractivity contribution < 1.29 is 9.53 Å². The lowest BCUT2D eigenvalue weighted by atomic mass is 10.2. The van der Waals surface area contributed by atoms with Crippen LogP contribution in [0.5, 0.6) is 5.75 Å². The molecule has 1 amide bonds. The highest BCUT2D eigenvalue weighted by atomic mass is 79.9. The fourth-order valence-electron chi connectivity index (χ4n) is 1.67. The number of carbonyl (C=O) groups excluding carboxylic acids is 1. The molecule has 0 saturated heterocycles. The predicted molar refractivity (Wildman–Crippen MR) is 88.7 cm³/mol. The molecule has 2 rings (SSSR count). The zero-order valence-corrected chi connectivity index (χ0v) is 13.6. The minimum Gasteiger partial charge on any atom is -0.481 e. The number of nitrogens with one attached hydrogen (secondary N) is 1. The molecule has 1 unspecified atom stereocenters. The number of anilines is 2. The van der Waals surface area contributed by atoms with E-state index in [-0.39, 0.29) is 5.91 Å². The minimum atomic E-state index is -0.669. The summed E-state index contributed by atoms with van der Waals surface area (Å²) < 4.78 is 6.46. The predicted octanol–water partition coefficient (Wildman–Crippen LogP) is 4.09. The van der Waals surface area contributed by atoms with Crippen LogP contribution in [0.2, 0.25) is 5.02 Å². The standard InChI is InChI=1S/C15H14BrClN2O2/c1-9(21-12-4-2-3-10(16)7-12)15(20)19-14-8-11(17)5-6-13(14)18/h2-9H,18H2,1H3,(H,19,20). The summed E-state index contributed by atoms with van der Waals surface area (Å²) in [5, 5.41) is 3.20. The van der Waals surface area contributed by atoms with Crippen molar-refractivity contribution in [3.8, 4) is 5.75 Å². The van der Waals surface area contributed by atoms with Crippen LogP contribution < -0.4 is 15.8 Å². The van der Waals surface area contributed by atoms with Crippen molar-refractivity contribution in [2.45, 2.75) is 13.0 Å². The normalized spacial score (nSPS) is 11.8. The van der Waals surface area contributed by atoms with Gasteiger partial charge in [-0.2, -0.15) is 0 Å². The maximum atomic E-state index is 12.1. The Morgan fingerprint density at radius 2 is 2.10 bits per heavy atom. The highest BCUT2D eigenvalue weighted by Gasteiger charge is 2.16. The molecule has 0 radical (unpaired) electrons. The Labute approximate surface area is 136 Å². The van der Waals surface area contributed by atoms with Crippen LogP contribution in [-0.4, -0.2) is 12.0 Å². The number of nitrogen functional groups attached to an aromatic ring is 1. The van der Waals surface area contributed by atoms with E-state index in [1.165, 1.54) is 0 Å². The van der Waals surface area contributed by atoms with E-state index in [1.54, 1.807) is 37.3 Å². The molecule has 3 N–H and O–H groups in total. The summed E-state index contributed by atoms with van der Waals surface area (Å²) in [5.41, 5.74) is 6.71. The molecule has 0 aliphatic carbocycles. The molecule has 0 aliphatic heterocycles. The summed E-state index contributed by atoms with van der Waals surface area (Å²) in [6.07, 6.45) is -0.669. The van der Waals surface area contributed by atoms with Gasteiger partial charge in [-0.25, -0.2) is 0 Å². The molecule has 0 aromatic heterocycles. The maximum Gasteiger partial charge on any atom is 0.265 e. The summed E-state index contributed by atoms with van der Waals surface area (Å²) in [7, 11) is 0. The third-order valence-electron chi connectivity index (χ3n) is 2.75. The lowest BCUT2D eigenvalue weighted by molar-refractivity contribution is -0.122. The van der Waals surface area contributed by atoms with Gasteiger partial charge < -0.3 is 15.8 Å². The topological polar surface area (TPSA) is 64.3 Å². The molecule has 0 spiro atoms. The van der Waals surface area contributed by atoms with E-state index < -0.39 is 6.10 Å². The zero-order valence-electron chi connectivity index (χ0n) is 11.3. The fourth-order valence-corrected chi connectivity index (χ4v) is 2.22. The van der Waals surface area contributed by atoms with Gasteiger partial charge in [-0.05, 0) is 43.3 Å². The highest BCUT2D eigenvalue weighted by molar-refractivity contribution is 9.10. The van der Waals surface area contributed by atoms with Crippen molar-refractivity contribution in [1.29, 1.82) is 0 Å². The first-order valence-electron chi connectivity index (χ1n) is 6.24. The van der Waals surface area contributed by atoms with Gasteiger partial charge in [0, 0.05) is 9.50 Å². The summed E-state index contributed by atoms with van der Waals surface area (Å²) >= 11 is 9.23. The second kappa shape index (κ2) is 6.83. The Morgan fingerprint density at radius 1 is 1.33 bits per heavy atom. The molecule has 6 heteroatoms. The molecule has 0 bridgehead atoms. The SMILES string of the molecule is CC(Oc1cccc(Br)c1)C(=O)Nc1cc(Cl)ccc1N. The van der Waals surface area contributed by atoms with E-state index in [2.05, 4.69) is 21.2 Å². The van der Waals surface area contributed by atoms with E-state index in [4.69, 9.17) is 22.1 Å². The lowest BCUT2D eigenvalue weighted by Crippen LogP contribution is -2.30. The van der Waals surface area contributed by atoms with E-state index in [9.17, 15) is 4.79 Å². The molecule has 1 atom stereocenters. The Kier molecular flexibility index (Phi) is 5.09. The first kappa shape index (κ1) is 15.7. The first-order chi connectivity index (χ1) is 9.95. The van der Waals surface area contributed by atoms with Crippen LogP contribution in [-0.2, 0) is 4.79 Å². The van der Waals surface area contributed by atoms with Crippen LogP contribution in [0.15, 0.2) is 46.9 Å². The summed E-state index contributed by atoms with van der Waals surface area (Å²) in [5.74, 6) is 0.301. The molecular formula is C15H14BrClN2O2. The van der Waals surface area contributed by atoms with E-state index in [1.807, 2.05) is 12.1 Å². The third-order valence-corrected chi connectivity index (χ3v) is 3.48. The number of benzene rings is 2. The molecule has 0 aliphatic rings. The zero-order chi connectivity index (χ0) is 15.4. The summed E-state index contributed by atoms with van der Waals surface area (Å²) in [6.45, 7) is 1.66. The average Bonchev–Trinajstić information content (AvgIpc) is 2.43. The highest BCUT2D eigenvalue weighted by Crippen LogP contribution is 2.24. The number of hydrogen-bond acceptors (Lipinski definition) is 3. The van der Waals surface area contributed by atoms with E-state index >= 15 is 0 Å². The van der Waals surface area contributed by atoms with Crippen LogP contribution >= 0.6 is 27.5 Å². The Hall–Kier alpha value is -1.72. The number of carbonyl (C=O) groups is 1. The van der Waals surface area contributed by atoms with Crippen molar-refractivity contribution in [3.63, 3.8) is 0 Å². The lowest BCUT2D eigenvalue weighted by Gasteiger charge is -2.16. The van der Waals surface area contributed by atoms with Gasteiger partial charge in [0.2, 0.25) is 0 Å². The molecule has 2 aromatic rings. The molecular weight excluding hydrogens is 356 g/mol. The van der Waals surface area contributed by atoms with Crippen molar-refractivity contribution in [1.82, 2.24) is 0 Å². The van der Waals surface area contributed by atoms with Gasteiger partial charge >= 0.3 is 0 Å². The molecule has 21 heavy (non-hydrogen) atoms. The smallest absolute Gasteiger partial charge is 0.265 e. The number of halogens is 2. The van der Waals surface area contributed by atoms with Crippen LogP contribution in [0.4, 0.5) is 11.4 Å². The molecule has 0 saturated carbocycles. The van der Waals surface area contributed by atoms with Gasteiger partial charge in [0.1, 0.15) is 5.75 Å². The molecule has 0 fully saturated rings. The number of nitrogens with two attached hydrogens (primary N) is 1. The number of amides is 1. The van der Waals surface area contributed by atoms with Crippen molar-refractivity contribution in [2.75, 3.05) is 11.1 Å². The molecule has 0 heterocycles. The van der Waals surface area contributed by atoms with Gasteiger partial charge in [-0.1, -0.05) is 33.6 Å². The van der Waals surface area contributed by atoms with Crippen molar-refractivity contribution in [2.24, 2.45) is 0 Å². The second-order valence-corrected chi connectivity index (χ2v) is 5.79. The monoisotopic (exact) mass is 368 g/mol. The van der Waals surface area contributed by atoms with E-state index in [0.717, 1.165) is 4.47 Å². The number of hydrogen-bond donors (Lipinski definition) is 2. The second-order valence-electron chi connectivity index (χ2n) is 4.44. The number of ether oxygens (including phenoxy) is 1. The quantitative estimate of drug-likeness (QED) is 0.798. The molecule has 2 aromatic carbocycles. The summed E-state index contributed by atoms with van der Waals surface area (Å²) in [4.78, 5) is 12.1. The van der Waals surface area contributed by atoms with Gasteiger partial charge in [0.05, 0.1) is 11.4 Å². The Bertz CT molecular complexity index is 664.